The van der Waals surface area contributed by atoms with Crippen LogP contribution in [0.1, 0.15) is 80.5 Å². The lowest BCUT2D eigenvalue weighted by Crippen LogP contribution is -2.45. The standard InChI is InChI=1S/C34H40N4O6/c1-7-8-9-10-11-31(35-44-24(2)39)32(40)25-12-16-27(17-13-25)37(29-20-22-30(23-21-29)38(42)43)28-18-14-26(15-19-28)33(41)34(3,4)36(5)6/h12-23H,7-11H2,1-6H3/b35-31+. The average Bonchev–Trinajstić information content (AvgIpc) is 3.01. The van der Waals surface area contributed by atoms with Gasteiger partial charge in [-0.1, -0.05) is 31.3 Å². The summed E-state index contributed by atoms with van der Waals surface area (Å²) in [6.07, 6.45) is 4.15. The summed E-state index contributed by atoms with van der Waals surface area (Å²) in [7, 11) is 3.71. The van der Waals surface area contributed by atoms with E-state index in [1.165, 1.54) is 19.1 Å². The molecule has 0 unspecified atom stereocenters. The van der Waals surface area contributed by atoms with Gasteiger partial charge in [0.2, 0.25) is 5.78 Å². The van der Waals surface area contributed by atoms with Gasteiger partial charge in [-0.2, -0.15) is 0 Å². The predicted molar refractivity (Wildman–Crippen MR) is 172 cm³/mol. The van der Waals surface area contributed by atoms with Crippen molar-refractivity contribution in [2.45, 2.75) is 65.3 Å². The number of hydrogen-bond donors (Lipinski definition) is 0. The molecule has 0 saturated heterocycles. The number of rotatable bonds is 15. The summed E-state index contributed by atoms with van der Waals surface area (Å²) in [4.78, 5) is 57.3. The Morgan fingerprint density at radius 2 is 1.32 bits per heavy atom. The Balaban J connectivity index is 1.98. The Morgan fingerprint density at radius 1 is 0.818 bits per heavy atom. The summed E-state index contributed by atoms with van der Waals surface area (Å²) in [5, 5.41) is 15.1. The highest BCUT2D eigenvalue weighted by Gasteiger charge is 2.31. The fraction of sp³-hybridized carbons (Fsp3) is 0.353. The van der Waals surface area contributed by atoms with E-state index >= 15 is 0 Å². The van der Waals surface area contributed by atoms with Crippen molar-refractivity contribution in [2.24, 2.45) is 5.16 Å². The van der Waals surface area contributed by atoms with E-state index < -0.39 is 16.4 Å². The van der Waals surface area contributed by atoms with Crippen LogP contribution in [-0.4, -0.2) is 52.7 Å². The number of non-ortho nitro benzene ring substituents is 1. The normalized spacial score (nSPS) is 11.8. The minimum Gasteiger partial charge on any atom is -0.318 e. The Kier molecular flexibility index (Phi) is 11.6. The minimum absolute atomic E-state index is 0.0280. The number of ketones is 2. The van der Waals surface area contributed by atoms with E-state index in [9.17, 15) is 24.5 Å². The molecule has 0 aliphatic heterocycles. The van der Waals surface area contributed by atoms with Gasteiger partial charge >= 0.3 is 5.97 Å². The molecule has 3 rings (SSSR count). The van der Waals surface area contributed by atoms with Gasteiger partial charge in [0.1, 0.15) is 5.71 Å². The van der Waals surface area contributed by atoms with Crippen molar-refractivity contribution in [3.63, 3.8) is 0 Å². The monoisotopic (exact) mass is 600 g/mol. The SMILES string of the molecule is CCCCCC/C(=N\OC(C)=O)C(=O)c1ccc(N(c2ccc(C(=O)C(C)(C)N(C)C)cc2)c2ccc([N+](=O)[O-])cc2)cc1. The highest BCUT2D eigenvalue weighted by atomic mass is 16.7. The Bertz CT molecular complexity index is 1490. The van der Waals surface area contributed by atoms with Gasteiger partial charge in [0.15, 0.2) is 5.78 Å². The predicted octanol–water partition coefficient (Wildman–Crippen LogP) is 7.66. The maximum Gasteiger partial charge on any atom is 0.331 e. The van der Waals surface area contributed by atoms with Crippen molar-refractivity contribution in [1.29, 1.82) is 0 Å². The second kappa shape index (κ2) is 15.2. The van der Waals surface area contributed by atoms with Crippen LogP contribution in [-0.2, 0) is 9.63 Å². The number of likely N-dealkylation sites (N-methyl/N-ethyl adjacent to an activating group) is 1. The molecular weight excluding hydrogens is 560 g/mol. The highest BCUT2D eigenvalue weighted by molar-refractivity contribution is 6.45. The van der Waals surface area contributed by atoms with Crippen LogP contribution in [0.25, 0.3) is 0 Å². The number of carbonyl (C=O) groups is 3. The molecule has 0 saturated carbocycles. The molecule has 0 aliphatic rings. The first-order valence-corrected chi connectivity index (χ1v) is 14.6. The maximum atomic E-state index is 13.3. The van der Waals surface area contributed by atoms with Crippen molar-refractivity contribution in [2.75, 3.05) is 19.0 Å². The Labute approximate surface area is 258 Å². The average molecular weight is 601 g/mol. The Hall–Kier alpha value is -4.70. The molecule has 0 amide bonds. The first kappa shape index (κ1) is 33.8. The van der Waals surface area contributed by atoms with E-state index in [1.54, 1.807) is 48.5 Å². The number of nitro groups is 1. The number of unbranched alkanes of at least 4 members (excludes halogenated alkanes) is 3. The van der Waals surface area contributed by atoms with Crippen LogP contribution in [0, 0.1) is 10.1 Å². The fourth-order valence-corrected chi connectivity index (χ4v) is 4.46. The molecule has 3 aromatic carbocycles. The first-order valence-electron chi connectivity index (χ1n) is 14.6. The van der Waals surface area contributed by atoms with Gasteiger partial charge in [-0.15, -0.1) is 0 Å². The van der Waals surface area contributed by atoms with E-state index in [2.05, 4.69) is 12.1 Å². The molecule has 3 aromatic rings. The molecule has 232 valence electrons. The lowest BCUT2D eigenvalue weighted by molar-refractivity contribution is -0.384. The lowest BCUT2D eigenvalue weighted by atomic mass is 9.92. The fourth-order valence-electron chi connectivity index (χ4n) is 4.46. The molecule has 0 fully saturated rings. The van der Waals surface area contributed by atoms with E-state index in [0.29, 0.717) is 34.6 Å². The highest BCUT2D eigenvalue weighted by Crippen LogP contribution is 2.36. The molecular formula is C34H40N4O6. The van der Waals surface area contributed by atoms with Crippen LogP contribution in [0.3, 0.4) is 0 Å². The van der Waals surface area contributed by atoms with Gasteiger partial charge in [0.05, 0.1) is 10.5 Å². The van der Waals surface area contributed by atoms with Crippen LogP contribution < -0.4 is 4.90 Å². The molecule has 44 heavy (non-hydrogen) atoms. The maximum absolute atomic E-state index is 13.3. The van der Waals surface area contributed by atoms with Crippen molar-refractivity contribution in [1.82, 2.24) is 4.90 Å². The summed E-state index contributed by atoms with van der Waals surface area (Å²) in [5.74, 6) is -0.960. The van der Waals surface area contributed by atoms with Crippen LogP contribution in [0.4, 0.5) is 22.7 Å². The number of carbonyl (C=O) groups excluding carboxylic acids is 3. The van der Waals surface area contributed by atoms with Gasteiger partial charge in [0.25, 0.3) is 5.69 Å². The van der Waals surface area contributed by atoms with E-state index in [1.807, 2.05) is 49.9 Å². The van der Waals surface area contributed by atoms with E-state index in [4.69, 9.17) is 4.84 Å². The smallest absolute Gasteiger partial charge is 0.318 e. The van der Waals surface area contributed by atoms with Crippen molar-refractivity contribution >= 4 is 46.0 Å². The molecule has 0 aromatic heterocycles. The molecule has 0 spiro atoms. The Morgan fingerprint density at radius 3 is 1.77 bits per heavy atom. The number of oxime groups is 1. The molecule has 0 bridgehead atoms. The third-order valence-electron chi connectivity index (χ3n) is 7.58. The molecule has 0 N–H and O–H groups in total. The first-order chi connectivity index (χ1) is 20.9. The second-order valence-electron chi connectivity index (χ2n) is 11.2. The van der Waals surface area contributed by atoms with Gasteiger partial charge in [-0.25, -0.2) is 4.79 Å². The van der Waals surface area contributed by atoms with Crippen LogP contribution >= 0.6 is 0 Å². The van der Waals surface area contributed by atoms with Crippen molar-refractivity contribution in [3.8, 4) is 0 Å². The van der Waals surface area contributed by atoms with Crippen LogP contribution in [0.2, 0.25) is 0 Å². The summed E-state index contributed by atoms with van der Waals surface area (Å²) in [5.41, 5.74) is 2.42. The summed E-state index contributed by atoms with van der Waals surface area (Å²) >= 11 is 0. The molecule has 10 heteroatoms. The number of nitro benzene ring substituents is 1. The van der Waals surface area contributed by atoms with Crippen LogP contribution in [0.5, 0.6) is 0 Å². The summed E-state index contributed by atoms with van der Waals surface area (Å²) < 4.78 is 0. The van der Waals surface area contributed by atoms with E-state index in [-0.39, 0.29) is 23.0 Å². The van der Waals surface area contributed by atoms with Gasteiger partial charge in [-0.3, -0.25) is 24.6 Å². The van der Waals surface area contributed by atoms with Crippen LogP contribution in [0.15, 0.2) is 78.0 Å². The number of benzene rings is 3. The third-order valence-corrected chi connectivity index (χ3v) is 7.58. The zero-order valence-electron chi connectivity index (χ0n) is 26.2. The zero-order chi connectivity index (χ0) is 32.4. The number of Topliss-reactive ketones (excluding diaryl/α,β-unsaturated/α-hetero) is 2. The molecule has 10 nitrogen and oxygen atoms in total. The largest absolute Gasteiger partial charge is 0.331 e. The quantitative estimate of drug-likeness (QED) is 0.0435. The zero-order valence-corrected chi connectivity index (χ0v) is 26.2. The topological polar surface area (TPSA) is 122 Å². The van der Waals surface area contributed by atoms with E-state index in [0.717, 1.165) is 25.7 Å². The van der Waals surface area contributed by atoms with Crippen molar-refractivity contribution < 1.29 is 24.1 Å². The van der Waals surface area contributed by atoms with Gasteiger partial charge < -0.3 is 9.74 Å². The lowest BCUT2D eigenvalue weighted by Gasteiger charge is -2.31. The molecule has 0 aliphatic carbocycles. The van der Waals surface area contributed by atoms with Gasteiger partial charge in [0, 0.05) is 47.2 Å². The summed E-state index contributed by atoms with van der Waals surface area (Å²) in [6, 6.07) is 20.2. The minimum atomic E-state index is -0.699. The summed E-state index contributed by atoms with van der Waals surface area (Å²) in [6.45, 7) is 7.06. The number of hydrogen-bond acceptors (Lipinski definition) is 9. The molecule has 0 atom stereocenters. The molecule has 0 heterocycles. The second-order valence-corrected chi connectivity index (χ2v) is 11.2. The third kappa shape index (κ3) is 8.44. The number of anilines is 3. The molecule has 0 radical (unpaired) electrons. The van der Waals surface area contributed by atoms with Gasteiger partial charge in [-0.05, 0) is 101 Å². The van der Waals surface area contributed by atoms with Crippen molar-refractivity contribution in [3.05, 3.63) is 94.0 Å². The number of nitrogens with zero attached hydrogens (tertiary/aromatic N) is 4.